The largest absolute Gasteiger partial charge is 0.494 e. The molecule has 0 aliphatic heterocycles. The minimum atomic E-state index is -0.847. The minimum Gasteiger partial charge on any atom is -0.494 e. The van der Waals surface area contributed by atoms with Crippen LogP contribution in [-0.4, -0.2) is 37.3 Å². The van der Waals surface area contributed by atoms with Crippen LogP contribution in [0.3, 0.4) is 0 Å². The van der Waals surface area contributed by atoms with Gasteiger partial charge in [0, 0.05) is 0 Å². The van der Waals surface area contributed by atoms with Gasteiger partial charge in [0.15, 0.2) is 0 Å². The SMILES string of the molecule is NCCCNCCCOc1ccc(Oc2ccc(CC(=O)O)cc2)cc1. The Morgan fingerprint density at radius 3 is 2.12 bits per heavy atom. The van der Waals surface area contributed by atoms with Crippen molar-refractivity contribution in [3.05, 3.63) is 54.1 Å². The Kier molecular flexibility index (Phi) is 8.45. The van der Waals surface area contributed by atoms with E-state index in [1.165, 1.54) is 0 Å². The summed E-state index contributed by atoms with van der Waals surface area (Å²) < 4.78 is 11.4. The second kappa shape index (κ2) is 11.1. The van der Waals surface area contributed by atoms with Crippen molar-refractivity contribution in [2.45, 2.75) is 19.3 Å². The lowest BCUT2D eigenvalue weighted by molar-refractivity contribution is -0.136. The number of carbonyl (C=O) groups is 1. The number of nitrogens with two attached hydrogens (primary N) is 1. The van der Waals surface area contributed by atoms with Gasteiger partial charge in [0.05, 0.1) is 13.0 Å². The second-order valence-corrected chi connectivity index (χ2v) is 5.88. The highest BCUT2D eigenvalue weighted by Crippen LogP contribution is 2.24. The summed E-state index contributed by atoms with van der Waals surface area (Å²) in [4.78, 5) is 10.7. The zero-order valence-electron chi connectivity index (χ0n) is 14.8. The van der Waals surface area contributed by atoms with Crippen LogP contribution in [0.15, 0.2) is 48.5 Å². The molecule has 0 amide bonds. The fraction of sp³-hybridized carbons (Fsp3) is 0.350. The maximum atomic E-state index is 10.7. The van der Waals surface area contributed by atoms with Crippen LogP contribution in [0.4, 0.5) is 0 Å². The molecule has 140 valence electrons. The Labute approximate surface area is 153 Å². The fourth-order valence-electron chi connectivity index (χ4n) is 2.33. The van der Waals surface area contributed by atoms with Gasteiger partial charge in [-0.3, -0.25) is 4.79 Å². The molecule has 0 saturated heterocycles. The number of rotatable bonds is 12. The third-order valence-corrected chi connectivity index (χ3v) is 3.66. The zero-order valence-corrected chi connectivity index (χ0v) is 14.8. The van der Waals surface area contributed by atoms with Gasteiger partial charge in [-0.1, -0.05) is 12.1 Å². The lowest BCUT2D eigenvalue weighted by Crippen LogP contribution is -2.20. The smallest absolute Gasteiger partial charge is 0.307 e. The summed E-state index contributed by atoms with van der Waals surface area (Å²) >= 11 is 0. The summed E-state index contributed by atoms with van der Waals surface area (Å²) in [5, 5.41) is 12.1. The normalized spacial score (nSPS) is 10.5. The molecule has 2 aromatic rings. The molecule has 4 N–H and O–H groups in total. The van der Waals surface area contributed by atoms with E-state index < -0.39 is 5.97 Å². The van der Waals surface area contributed by atoms with E-state index in [4.69, 9.17) is 20.3 Å². The number of carboxylic acids is 1. The van der Waals surface area contributed by atoms with E-state index >= 15 is 0 Å². The van der Waals surface area contributed by atoms with Gasteiger partial charge in [0.1, 0.15) is 17.2 Å². The number of ether oxygens (including phenoxy) is 2. The van der Waals surface area contributed by atoms with E-state index in [1.807, 2.05) is 24.3 Å². The molecule has 2 aromatic carbocycles. The lowest BCUT2D eigenvalue weighted by atomic mass is 10.1. The standard InChI is InChI=1S/C20H26N2O4/c21-11-1-12-22-13-2-14-25-17-7-9-19(10-8-17)26-18-5-3-16(4-6-18)15-20(23)24/h3-10,22H,1-2,11-15,21H2,(H,23,24). The molecule has 0 heterocycles. The van der Waals surface area contributed by atoms with Crippen LogP contribution in [0.25, 0.3) is 0 Å². The Morgan fingerprint density at radius 2 is 1.50 bits per heavy atom. The molecule has 0 radical (unpaired) electrons. The van der Waals surface area contributed by atoms with Gasteiger partial charge < -0.3 is 25.6 Å². The summed E-state index contributed by atoms with van der Waals surface area (Å²) in [6, 6.07) is 14.5. The van der Waals surface area contributed by atoms with Crippen LogP contribution in [-0.2, 0) is 11.2 Å². The van der Waals surface area contributed by atoms with Crippen molar-refractivity contribution < 1.29 is 19.4 Å². The first-order valence-corrected chi connectivity index (χ1v) is 8.79. The maximum Gasteiger partial charge on any atom is 0.307 e. The molecule has 0 bridgehead atoms. The molecule has 0 atom stereocenters. The number of hydrogen-bond donors (Lipinski definition) is 3. The van der Waals surface area contributed by atoms with E-state index in [9.17, 15) is 4.79 Å². The van der Waals surface area contributed by atoms with Crippen LogP contribution in [0.1, 0.15) is 18.4 Å². The third-order valence-electron chi connectivity index (χ3n) is 3.66. The van der Waals surface area contributed by atoms with Crippen molar-refractivity contribution in [2.24, 2.45) is 5.73 Å². The summed E-state index contributed by atoms with van der Waals surface area (Å²) in [6.45, 7) is 3.23. The molecule has 0 aromatic heterocycles. The van der Waals surface area contributed by atoms with Crippen molar-refractivity contribution in [2.75, 3.05) is 26.2 Å². The number of aliphatic carboxylic acids is 1. The average Bonchev–Trinajstić information content (AvgIpc) is 2.63. The first-order valence-electron chi connectivity index (χ1n) is 8.79. The number of benzene rings is 2. The van der Waals surface area contributed by atoms with E-state index in [0.717, 1.165) is 37.2 Å². The van der Waals surface area contributed by atoms with Crippen LogP contribution < -0.4 is 20.5 Å². The lowest BCUT2D eigenvalue weighted by Gasteiger charge is -2.09. The van der Waals surface area contributed by atoms with Gasteiger partial charge >= 0.3 is 5.97 Å². The number of nitrogens with one attached hydrogen (secondary N) is 1. The topological polar surface area (TPSA) is 93.8 Å². The summed E-state index contributed by atoms with van der Waals surface area (Å²) in [7, 11) is 0. The maximum absolute atomic E-state index is 10.7. The van der Waals surface area contributed by atoms with E-state index in [0.29, 0.717) is 24.7 Å². The predicted octanol–water partition coefficient (Wildman–Crippen LogP) is 2.81. The number of hydrogen-bond acceptors (Lipinski definition) is 5. The van der Waals surface area contributed by atoms with Crippen molar-refractivity contribution in [1.29, 1.82) is 0 Å². The molecular weight excluding hydrogens is 332 g/mol. The Morgan fingerprint density at radius 1 is 0.923 bits per heavy atom. The summed E-state index contributed by atoms with van der Waals surface area (Å²) in [6.07, 6.45) is 1.94. The van der Waals surface area contributed by atoms with Gasteiger partial charge in [-0.2, -0.15) is 0 Å². The van der Waals surface area contributed by atoms with Crippen LogP contribution in [0.2, 0.25) is 0 Å². The van der Waals surface area contributed by atoms with E-state index in [2.05, 4.69) is 5.32 Å². The molecule has 6 heteroatoms. The summed E-state index contributed by atoms with van der Waals surface area (Å²) in [5.74, 6) is 1.32. The molecule has 26 heavy (non-hydrogen) atoms. The molecule has 0 aliphatic rings. The monoisotopic (exact) mass is 358 g/mol. The predicted molar refractivity (Wildman–Crippen MR) is 101 cm³/mol. The zero-order chi connectivity index (χ0) is 18.6. The molecule has 0 aliphatic carbocycles. The Bertz CT molecular complexity index is 657. The fourth-order valence-corrected chi connectivity index (χ4v) is 2.33. The molecular formula is C20H26N2O4. The Balaban J connectivity index is 1.72. The van der Waals surface area contributed by atoms with Crippen molar-refractivity contribution >= 4 is 5.97 Å². The highest BCUT2D eigenvalue weighted by Gasteiger charge is 2.02. The van der Waals surface area contributed by atoms with Gasteiger partial charge in [0.25, 0.3) is 0 Å². The highest BCUT2D eigenvalue weighted by molar-refractivity contribution is 5.70. The molecule has 0 unspecified atom stereocenters. The minimum absolute atomic E-state index is 0.00878. The molecule has 0 spiro atoms. The van der Waals surface area contributed by atoms with Crippen molar-refractivity contribution in [3.8, 4) is 17.2 Å². The van der Waals surface area contributed by atoms with Crippen LogP contribution in [0.5, 0.6) is 17.2 Å². The third kappa shape index (κ3) is 7.55. The molecule has 0 fully saturated rings. The number of carboxylic acid groups (broad SMARTS) is 1. The first-order chi connectivity index (χ1) is 12.7. The quantitative estimate of drug-likeness (QED) is 0.505. The summed E-state index contributed by atoms with van der Waals surface area (Å²) in [5.41, 5.74) is 6.18. The Hall–Kier alpha value is -2.57. The second-order valence-electron chi connectivity index (χ2n) is 5.88. The first kappa shape index (κ1) is 19.8. The van der Waals surface area contributed by atoms with Gasteiger partial charge in [-0.25, -0.2) is 0 Å². The van der Waals surface area contributed by atoms with Crippen LogP contribution >= 0.6 is 0 Å². The van der Waals surface area contributed by atoms with Crippen molar-refractivity contribution in [3.63, 3.8) is 0 Å². The van der Waals surface area contributed by atoms with E-state index in [1.54, 1.807) is 24.3 Å². The van der Waals surface area contributed by atoms with E-state index in [-0.39, 0.29) is 6.42 Å². The van der Waals surface area contributed by atoms with Gasteiger partial charge in [-0.15, -0.1) is 0 Å². The molecule has 2 rings (SSSR count). The van der Waals surface area contributed by atoms with Crippen LogP contribution in [0, 0.1) is 0 Å². The van der Waals surface area contributed by atoms with Crippen molar-refractivity contribution in [1.82, 2.24) is 5.32 Å². The highest BCUT2D eigenvalue weighted by atomic mass is 16.5. The average molecular weight is 358 g/mol. The van der Waals surface area contributed by atoms with Gasteiger partial charge in [-0.05, 0) is 74.4 Å². The van der Waals surface area contributed by atoms with Gasteiger partial charge in [0.2, 0.25) is 0 Å². The molecule has 0 saturated carbocycles. The molecule has 6 nitrogen and oxygen atoms in total.